The van der Waals surface area contributed by atoms with Crippen LogP contribution >= 0.6 is 0 Å². The van der Waals surface area contributed by atoms with Crippen molar-refractivity contribution >= 4 is 17.9 Å². The van der Waals surface area contributed by atoms with Crippen LogP contribution in [-0.4, -0.2) is 110 Å². The number of hydrogen-bond donors (Lipinski definition) is 1. The van der Waals surface area contributed by atoms with E-state index in [0.717, 1.165) is 50.9 Å². The maximum absolute atomic E-state index is 12.1. The van der Waals surface area contributed by atoms with Crippen molar-refractivity contribution in [2.75, 3.05) is 65.7 Å². The first-order valence-electron chi connectivity index (χ1n) is 13.0. The molecule has 0 bridgehead atoms. The molecule has 0 atom stereocenters. The molecule has 1 aromatic rings. The number of piperidine rings is 2. The van der Waals surface area contributed by atoms with Crippen molar-refractivity contribution in [3.8, 4) is 0 Å². The summed E-state index contributed by atoms with van der Waals surface area (Å²) in [5, 5.41) is 3.30. The molecule has 0 spiro atoms. The van der Waals surface area contributed by atoms with Crippen LogP contribution in [0.25, 0.3) is 0 Å². The Morgan fingerprint density at radius 2 is 1.39 bits per heavy atom. The standard InChI is InChI=1S/C17H22N2O4.C9H16N2O2/c20-16-13-22-11-10-19(16)15-6-8-18(9-7-15)17(21)23-12-14-4-2-1-3-5-14;12-9-7-13-6-5-11(9)8-1-3-10-4-2-8/h1-5,15H,6-13H2;8,10H,1-7H2. The van der Waals surface area contributed by atoms with Crippen molar-refractivity contribution in [1.82, 2.24) is 20.0 Å². The van der Waals surface area contributed by atoms with E-state index >= 15 is 0 Å². The maximum Gasteiger partial charge on any atom is 0.410 e. The van der Waals surface area contributed by atoms with Crippen LogP contribution in [0.5, 0.6) is 0 Å². The summed E-state index contributed by atoms with van der Waals surface area (Å²) < 4.78 is 15.6. The van der Waals surface area contributed by atoms with E-state index in [0.29, 0.717) is 45.5 Å². The lowest BCUT2D eigenvalue weighted by Crippen LogP contribution is -2.52. The third-order valence-corrected chi connectivity index (χ3v) is 7.16. The van der Waals surface area contributed by atoms with Gasteiger partial charge in [0.25, 0.3) is 0 Å². The van der Waals surface area contributed by atoms with Crippen LogP contribution in [-0.2, 0) is 30.4 Å². The van der Waals surface area contributed by atoms with Gasteiger partial charge in [-0.05, 0) is 44.3 Å². The normalized spacial score (nSPS) is 22.2. The fraction of sp³-hybridized carbons (Fsp3) is 0.654. The highest BCUT2D eigenvalue weighted by atomic mass is 16.6. The Labute approximate surface area is 212 Å². The van der Waals surface area contributed by atoms with E-state index in [9.17, 15) is 14.4 Å². The molecule has 0 unspecified atom stereocenters. The van der Waals surface area contributed by atoms with Gasteiger partial charge in [-0.3, -0.25) is 9.59 Å². The van der Waals surface area contributed by atoms with Gasteiger partial charge in [-0.1, -0.05) is 30.3 Å². The van der Waals surface area contributed by atoms with Gasteiger partial charge in [0.15, 0.2) is 0 Å². The molecule has 4 saturated heterocycles. The monoisotopic (exact) mass is 502 g/mol. The molecule has 36 heavy (non-hydrogen) atoms. The molecule has 0 aromatic heterocycles. The van der Waals surface area contributed by atoms with Crippen LogP contribution in [0.4, 0.5) is 4.79 Å². The highest BCUT2D eigenvalue weighted by molar-refractivity contribution is 5.78. The van der Waals surface area contributed by atoms with Crippen molar-refractivity contribution < 1.29 is 28.6 Å². The van der Waals surface area contributed by atoms with Crippen molar-refractivity contribution in [2.45, 2.75) is 44.4 Å². The molecule has 3 amide bonds. The number of likely N-dealkylation sites (tertiary alicyclic amines) is 1. The first-order chi connectivity index (χ1) is 17.6. The van der Waals surface area contributed by atoms with Crippen LogP contribution in [0.15, 0.2) is 30.3 Å². The Balaban J connectivity index is 0.000000197. The SMILES string of the molecule is O=C(OCc1ccccc1)N1CCC(N2CCOCC2=O)CC1.O=C1COCCN1C1CCNCC1. The van der Waals surface area contributed by atoms with Gasteiger partial charge in [0.05, 0.1) is 13.2 Å². The maximum atomic E-state index is 12.1. The average molecular weight is 503 g/mol. The topological polar surface area (TPSA) is 101 Å². The Morgan fingerprint density at radius 3 is 1.94 bits per heavy atom. The van der Waals surface area contributed by atoms with Gasteiger partial charge < -0.3 is 34.2 Å². The number of amides is 3. The highest BCUT2D eigenvalue weighted by Gasteiger charge is 2.31. The lowest BCUT2D eigenvalue weighted by Gasteiger charge is -2.39. The molecule has 5 rings (SSSR count). The van der Waals surface area contributed by atoms with E-state index in [2.05, 4.69) is 5.32 Å². The van der Waals surface area contributed by atoms with E-state index < -0.39 is 0 Å². The molecule has 1 N–H and O–H groups in total. The minimum atomic E-state index is -0.277. The summed E-state index contributed by atoms with van der Waals surface area (Å²) in [6, 6.07) is 10.3. The number of rotatable bonds is 4. The minimum absolute atomic E-state index is 0.0568. The Bertz CT molecular complexity index is 855. The second-order valence-electron chi connectivity index (χ2n) is 9.52. The first-order valence-corrected chi connectivity index (χ1v) is 13.0. The van der Waals surface area contributed by atoms with Gasteiger partial charge in [-0.2, -0.15) is 0 Å². The zero-order valence-corrected chi connectivity index (χ0v) is 20.9. The summed E-state index contributed by atoms with van der Waals surface area (Å²) in [5.41, 5.74) is 0.981. The quantitative estimate of drug-likeness (QED) is 0.661. The number of ether oxygens (including phenoxy) is 3. The first kappa shape index (κ1) is 26.4. The molecule has 10 heteroatoms. The summed E-state index contributed by atoms with van der Waals surface area (Å²) >= 11 is 0. The fourth-order valence-electron chi connectivity index (χ4n) is 5.12. The van der Waals surface area contributed by atoms with Crippen molar-refractivity contribution in [3.05, 3.63) is 35.9 Å². The molecule has 198 valence electrons. The van der Waals surface area contributed by atoms with Gasteiger partial charge in [-0.25, -0.2) is 4.79 Å². The van der Waals surface area contributed by atoms with Gasteiger partial charge in [0, 0.05) is 38.3 Å². The summed E-state index contributed by atoms with van der Waals surface area (Å²) in [6.07, 6.45) is 3.50. The molecule has 4 aliphatic rings. The van der Waals surface area contributed by atoms with Gasteiger partial charge >= 0.3 is 6.09 Å². The molecule has 0 radical (unpaired) electrons. The molecule has 1 aromatic carbocycles. The predicted octanol–water partition coefficient (Wildman–Crippen LogP) is 1.24. The van der Waals surface area contributed by atoms with Crippen LogP contribution in [0.2, 0.25) is 0 Å². The molecule has 0 saturated carbocycles. The van der Waals surface area contributed by atoms with Gasteiger partial charge in [0.1, 0.15) is 19.8 Å². The van der Waals surface area contributed by atoms with E-state index in [1.165, 1.54) is 0 Å². The van der Waals surface area contributed by atoms with Crippen LogP contribution in [0, 0.1) is 0 Å². The van der Waals surface area contributed by atoms with Crippen LogP contribution in [0.3, 0.4) is 0 Å². The predicted molar refractivity (Wildman–Crippen MR) is 132 cm³/mol. The summed E-state index contributed by atoms with van der Waals surface area (Å²) in [5.74, 6) is 0.222. The summed E-state index contributed by atoms with van der Waals surface area (Å²) in [4.78, 5) is 41.1. The number of morpholine rings is 2. The molecular formula is C26H38N4O6. The van der Waals surface area contributed by atoms with Crippen molar-refractivity contribution in [1.29, 1.82) is 0 Å². The minimum Gasteiger partial charge on any atom is -0.445 e. The number of carbonyl (C=O) groups excluding carboxylic acids is 3. The molecule has 4 fully saturated rings. The molecule has 0 aliphatic carbocycles. The average Bonchev–Trinajstić information content (AvgIpc) is 2.94. The largest absolute Gasteiger partial charge is 0.445 e. The van der Waals surface area contributed by atoms with Gasteiger partial charge in [0.2, 0.25) is 11.8 Å². The lowest BCUT2D eigenvalue weighted by molar-refractivity contribution is -0.147. The number of carbonyl (C=O) groups is 3. The Hall–Kier alpha value is -2.69. The van der Waals surface area contributed by atoms with Crippen molar-refractivity contribution in [2.24, 2.45) is 0 Å². The van der Waals surface area contributed by atoms with Crippen LogP contribution < -0.4 is 5.32 Å². The zero-order chi connectivity index (χ0) is 25.2. The molecule has 10 nitrogen and oxygen atoms in total. The Morgan fingerprint density at radius 1 is 0.833 bits per heavy atom. The molecular weight excluding hydrogens is 464 g/mol. The number of nitrogens with one attached hydrogen (secondary N) is 1. The number of benzene rings is 1. The second kappa shape index (κ2) is 13.6. The third-order valence-electron chi connectivity index (χ3n) is 7.16. The van der Waals surface area contributed by atoms with E-state index in [4.69, 9.17) is 14.2 Å². The number of hydrogen-bond acceptors (Lipinski definition) is 7. The third kappa shape index (κ3) is 7.41. The van der Waals surface area contributed by atoms with Crippen molar-refractivity contribution in [3.63, 3.8) is 0 Å². The number of nitrogens with zero attached hydrogens (tertiary/aromatic N) is 3. The highest BCUT2D eigenvalue weighted by Crippen LogP contribution is 2.19. The molecule has 4 aliphatic heterocycles. The van der Waals surface area contributed by atoms with E-state index in [1.807, 2.05) is 40.1 Å². The van der Waals surface area contributed by atoms with E-state index in [1.54, 1.807) is 4.90 Å². The smallest absolute Gasteiger partial charge is 0.410 e. The zero-order valence-electron chi connectivity index (χ0n) is 20.9. The molecule has 4 heterocycles. The van der Waals surface area contributed by atoms with Crippen LogP contribution in [0.1, 0.15) is 31.2 Å². The second-order valence-corrected chi connectivity index (χ2v) is 9.52. The summed E-state index contributed by atoms with van der Waals surface area (Å²) in [7, 11) is 0. The Kier molecular flexibility index (Phi) is 9.94. The fourth-order valence-corrected chi connectivity index (χ4v) is 5.12. The van der Waals surface area contributed by atoms with E-state index in [-0.39, 0.29) is 37.2 Å². The van der Waals surface area contributed by atoms with Gasteiger partial charge in [-0.15, -0.1) is 0 Å². The lowest BCUT2D eigenvalue weighted by atomic mass is 10.0. The summed E-state index contributed by atoms with van der Waals surface area (Å²) in [6.45, 7) is 6.83.